The molecule has 0 atom stereocenters. The molecule has 94 valence electrons. The molecule has 0 aliphatic rings. The van der Waals surface area contributed by atoms with E-state index in [1.165, 1.54) is 11.3 Å². The highest BCUT2D eigenvalue weighted by molar-refractivity contribution is 7.14. The third-order valence-corrected chi connectivity index (χ3v) is 3.82. The van der Waals surface area contributed by atoms with Crippen molar-refractivity contribution >= 4 is 39.4 Å². The van der Waals surface area contributed by atoms with Crippen LogP contribution < -0.4 is 5.32 Å². The van der Waals surface area contributed by atoms with E-state index in [0.29, 0.717) is 23.0 Å². The molecule has 0 saturated carbocycles. The van der Waals surface area contributed by atoms with Crippen molar-refractivity contribution in [3.8, 4) is 0 Å². The van der Waals surface area contributed by atoms with Crippen LogP contribution in [0.5, 0.6) is 0 Å². The van der Waals surface area contributed by atoms with Gasteiger partial charge in [0.15, 0.2) is 5.13 Å². The molecule has 0 aliphatic heterocycles. The first-order valence-corrected chi connectivity index (χ1v) is 6.92. The molecule has 2 rings (SSSR count). The largest absolute Gasteiger partial charge is 0.411 e. The van der Waals surface area contributed by atoms with Gasteiger partial charge in [0.2, 0.25) is 5.91 Å². The lowest BCUT2D eigenvalue weighted by atomic mass is 10.3. The molecular weight excluding hydrogens is 270 g/mol. The summed E-state index contributed by atoms with van der Waals surface area (Å²) in [5.74, 6) is -0.100. The normalized spacial score (nSPS) is 11.5. The monoisotopic (exact) mass is 281 g/mol. The van der Waals surface area contributed by atoms with Crippen LogP contribution in [0, 0.1) is 0 Å². The van der Waals surface area contributed by atoms with Crippen LogP contribution in [0.2, 0.25) is 0 Å². The maximum atomic E-state index is 11.7. The van der Waals surface area contributed by atoms with E-state index < -0.39 is 0 Å². The summed E-state index contributed by atoms with van der Waals surface area (Å²) < 4.78 is 0. The van der Waals surface area contributed by atoms with Crippen molar-refractivity contribution in [2.75, 3.05) is 5.32 Å². The predicted octanol–water partition coefficient (Wildman–Crippen LogP) is 2.58. The minimum Gasteiger partial charge on any atom is -0.411 e. The molecule has 18 heavy (non-hydrogen) atoms. The van der Waals surface area contributed by atoms with Crippen molar-refractivity contribution in [2.45, 2.75) is 13.3 Å². The van der Waals surface area contributed by atoms with Crippen LogP contribution in [0.25, 0.3) is 0 Å². The second-order valence-corrected chi connectivity index (χ2v) is 5.42. The summed E-state index contributed by atoms with van der Waals surface area (Å²) in [6.07, 6.45) is 0.347. The highest BCUT2D eigenvalue weighted by Gasteiger charge is 2.09. The molecule has 0 unspecified atom stereocenters. The molecule has 2 N–H and O–H groups in total. The third kappa shape index (κ3) is 3.14. The number of hydrogen-bond donors (Lipinski definition) is 2. The highest BCUT2D eigenvalue weighted by atomic mass is 32.1. The average molecular weight is 281 g/mol. The van der Waals surface area contributed by atoms with Crippen LogP contribution in [0.1, 0.15) is 17.5 Å². The summed E-state index contributed by atoms with van der Waals surface area (Å²) >= 11 is 2.85. The summed E-state index contributed by atoms with van der Waals surface area (Å²) in [5, 5.41) is 18.6. The summed E-state index contributed by atoms with van der Waals surface area (Å²) in [6.45, 7) is 1.65. The number of anilines is 1. The maximum absolute atomic E-state index is 11.7. The van der Waals surface area contributed by atoms with E-state index in [1.54, 1.807) is 23.6 Å². The molecular formula is C11H11N3O2S2. The number of carbonyl (C=O) groups excluding carboxylic acids is 1. The number of oxime groups is 1. The Hall–Kier alpha value is -1.73. The molecule has 7 heteroatoms. The van der Waals surface area contributed by atoms with Crippen molar-refractivity contribution in [1.82, 2.24) is 4.98 Å². The Balaban J connectivity index is 1.97. The topological polar surface area (TPSA) is 74.6 Å². The number of thiazole rings is 1. The van der Waals surface area contributed by atoms with Crippen LogP contribution in [0.4, 0.5) is 5.13 Å². The molecule has 0 aromatic carbocycles. The Morgan fingerprint density at radius 1 is 1.56 bits per heavy atom. The molecule has 0 aliphatic carbocycles. The molecule has 0 bridgehead atoms. The van der Waals surface area contributed by atoms with Gasteiger partial charge in [-0.1, -0.05) is 11.2 Å². The Morgan fingerprint density at radius 2 is 2.39 bits per heavy atom. The summed E-state index contributed by atoms with van der Waals surface area (Å²) in [4.78, 5) is 16.9. The Labute approximate surface area is 112 Å². The number of hydrogen-bond acceptors (Lipinski definition) is 6. The van der Waals surface area contributed by atoms with Gasteiger partial charge in [-0.25, -0.2) is 4.98 Å². The zero-order chi connectivity index (χ0) is 13.0. The van der Waals surface area contributed by atoms with Crippen molar-refractivity contribution in [3.63, 3.8) is 0 Å². The molecule has 0 fully saturated rings. The zero-order valence-electron chi connectivity index (χ0n) is 9.58. The fourth-order valence-corrected chi connectivity index (χ4v) is 2.76. The van der Waals surface area contributed by atoms with Gasteiger partial charge in [-0.15, -0.1) is 22.7 Å². The van der Waals surface area contributed by atoms with Crippen molar-refractivity contribution in [2.24, 2.45) is 5.16 Å². The molecule has 0 spiro atoms. The number of nitrogens with zero attached hydrogens (tertiary/aromatic N) is 2. The van der Waals surface area contributed by atoms with Crippen LogP contribution >= 0.6 is 22.7 Å². The van der Waals surface area contributed by atoms with Gasteiger partial charge in [-0.3, -0.25) is 4.79 Å². The number of amides is 1. The molecule has 0 saturated heterocycles. The number of rotatable bonds is 4. The Kier molecular flexibility index (Phi) is 4.06. The first kappa shape index (κ1) is 12.7. The van der Waals surface area contributed by atoms with E-state index in [2.05, 4.69) is 15.5 Å². The van der Waals surface area contributed by atoms with Crippen molar-refractivity contribution in [3.05, 3.63) is 33.5 Å². The van der Waals surface area contributed by atoms with Gasteiger partial charge in [0.1, 0.15) is 11.4 Å². The van der Waals surface area contributed by atoms with Gasteiger partial charge >= 0.3 is 0 Å². The van der Waals surface area contributed by atoms with E-state index in [1.807, 2.05) is 17.5 Å². The molecule has 5 nitrogen and oxygen atoms in total. The van der Waals surface area contributed by atoms with E-state index in [0.717, 1.165) is 4.88 Å². The lowest BCUT2D eigenvalue weighted by Gasteiger charge is -1.99. The molecule has 2 heterocycles. The van der Waals surface area contributed by atoms with Crippen LogP contribution in [-0.4, -0.2) is 21.8 Å². The smallest absolute Gasteiger partial charge is 0.231 e. The van der Waals surface area contributed by atoms with Gasteiger partial charge in [-0.05, 0) is 18.4 Å². The van der Waals surface area contributed by atoms with Crippen LogP contribution in [0.3, 0.4) is 0 Å². The zero-order valence-corrected chi connectivity index (χ0v) is 11.2. The van der Waals surface area contributed by atoms with Gasteiger partial charge in [0.25, 0.3) is 0 Å². The maximum Gasteiger partial charge on any atom is 0.231 e. The number of carbonyl (C=O) groups is 1. The molecule has 1 amide bonds. The lowest BCUT2D eigenvalue weighted by Crippen LogP contribution is -2.13. The van der Waals surface area contributed by atoms with Crippen LogP contribution in [0.15, 0.2) is 28.0 Å². The standard InChI is InChI=1S/C11H11N3O2S2/c1-7(14-16)9-6-18-11(12-9)13-10(15)5-8-3-2-4-17-8/h2-4,6,16H,5H2,1H3,(H,12,13,15). The average Bonchev–Trinajstić information content (AvgIpc) is 2.99. The van der Waals surface area contributed by atoms with Crippen molar-refractivity contribution < 1.29 is 10.0 Å². The van der Waals surface area contributed by atoms with Gasteiger partial charge in [0, 0.05) is 10.3 Å². The fraction of sp³-hybridized carbons (Fsp3) is 0.182. The van der Waals surface area contributed by atoms with E-state index in [4.69, 9.17) is 5.21 Å². The SMILES string of the molecule is CC(=NO)c1csc(NC(=O)Cc2cccs2)n1. The van der Waals surface area contributed by atoms with E-state index in [-0.39, 0.29) is 5.91 Å². The fourth-order valence-electron chi connectivity index (χ4n) is 1.28. The van der Waals surface area contributed by atoms with E-state index in [9.17, 15) is 4.79 Å². The number of aromatic nitrogens is 1. The summed E-state index contributed by atoms with van der Waals surface area (Å²) in [5.41, 5.74) is 0.985. The van der Waals surface area contributed by atoms with Crippen molar-refractivity contribution in [1.29, 1.82) is 0 Å². The second kappa shape index (κ2) is 5.74. The second-order valence-electron chi connectivity index (χ2n) is 3.53. The number of nitrogens with one attached hydrogen (secondary N) is 1. The lowest BCUT2D eigenvalue weighted by molar-refractivity contribution is -0.115. The van der Waals surface area contributed by atoms with Gasteiger partial charge in [0.05, 0.1) is 6.42 Å². The number of thiophene rings is 1. The predicted molar refractivity (Wildman–Crippen MR) is 72.8 cm³/mol. The first-order valence-electron chi connectivity index (χ1n) is 5.16. The third-order valence-electron chi connectivity index (χ3n) is 2.19. The highest BCUT2D eigenvalue weighted by Crippen LogP contribution is 2.17. The summed E-state index contributed by atoms with van der Waals surface area (Å²) in [7, 11) is 0. The Morgan fingerprint density at radius 3 is 3.06 bits per heavy atom. The van der Waals surface area contributed by atoms with Gasteiger partial charge < -0.3 is 10.5 Å². The molecule has 0 radical (unpaired) electrons. The van der Waals surface area contributed by atoms with Crippen LogP contribution in [-0.2, 0) is 11.2 Å². The van der Waals surface area contributed by atoms with Gasteiger partial charge in [-0.2, -0.15) is 0 Å². The first-order chi connectivity index (χ1) is 8.69. The Bertz CT molecular complexity index is 561. The minimum atomic E-state index is -0.100. The van der Waals surface area contributed by atoms with E-state index >= 15 is 0 Å². The molecule has 2 aromatic heterocycles. The molecule has 2 aromatic rings. The quantitative estimate of drug-likeness (QED) is 0.514. The summed E-state index contributed by atoms with van der Waals surface area (Å²) in [6, 6.07) is 3.83. The minimum absolute atomic E-state index is 0.100.